The molecule has 2 saturated heterocycles. The number of esters is 2. The Hall–Kier alpha value is -3.48. The Bertz CT molecular complexity index is 1320. The number of carbonyl (C=O) groups excluding carboxylic acids is 2. The lowest BCUT2D eigenvalue weighted by Crippen LogP contribution is -2.12. The third-order valence-corrected chi connectivity index (χ3v) is 8.50. The fourth-order valence-electron chi connectivity index (χ4n) is 5.36. The minimum atomic E-state index is -0.404. The van der Waals surface area contributed by atoms with E-state index in [0.29, 0.717) is 34.8 Å². The Morgan fingerprint density at radius 1 is 0.643 bits per heavy atom. The maximum atomic E-state index is 13.0. The van der Waals surface area contributed by atoms with E-state index in [1.165, 1.54) is 11.1 Å². The fraction of sp³-hybridized carbons (Fsp3) is 0.444. The maximum Gasteiger partial charge on any atom is 0.343 e. The largest absolute Gasteiger partial charge is 0.423 e. The van der Waals surface area contributed by atoms with E-state index in [9.17, 15) is 9.59 Å². The van der Waals surface area contributed by atoms with Crippen LogP contribution < -0.4 is 9.47 Å². The first-order valence-corrected chi connectivity index (χ1v) is 15.3. The summed E-state index contributed by atoms with van der Waals surface area (Å²) in [6, 6.07) is 14.9. The van der Waals surface area contributed by atoms with Crippen LogP contribution in [0.25, 0.3) is 0 Å². The van der Waals surface area contributed by atoms with Gasteiger partial charge in [0, 0.05) is 0 Å². The molecule has 6 heteroatoms. The monoisotopic (exact) mass is 570 g/mol. The second-order valence-electron chi connectivity index (χ2n) is 11.8. The highest BCUT2D eigenvalue weighted by molar-refractivity contribution is 5.92. The summed E-state index contributed by atoms with van der Waals surface area (Å²) in [5.74, 6) is 0.1000. The summed E-state index contributed by atoms with van der Waals surface area (Å²) in [6.45, 7) is 9.63. The van der Waals surface area contributed by atoms with Crippen molar-refractivity contribution >= 4 is 11.9 Å². The van der Waals surface area contributed by atoms with Crippen LogP contribution in [0.2, 0.25) is 0 Å². The lowest BCUT2D eigenvalue weighted by molar-refractivity contribution is 0.0717. The lowest BCUT2D eigenvalue weighted by atomic mass is 9.99. The molecule has 0 bridgehead atoms. The van der Waals surface area contributed by atoms with E-state index in [0.717, 1.165) is 86.8 Å². The molecule has 222 valence electrons. The molecule has 0 aliphatic carbocycles. The zero-order valence-electron chi connectivity index (χ0n) is 25.3. The number of benzene rings is 3. The van der Waals surface area contributed by atoms with Gasteiger partial charge in [0.05, 0.1) is 36.5 Å². The van der Waals surface area contributed by atoms with Gasteiger partial charge in [-0.2, -0.15) is 0 Å². The second-order valence-corrected chi connectivity index (χ2v) is 11.8. The Kier molecular flexibility index (Phi) is 9.76. The third kappa shape index (κ3) is 8.08. The van der Waals surface area contributed by atoms with Crippen LogP contribution in [0.3, 0.4) is 0 Å². The highest BCUT2D eigenvalue weighted by Crippen LogP contribution is 2.31. The lowest BCUT2D eigenvalue weighted by Gasteiger charge is -2.15. The number of ether oxygens (including phenoxy) is 4. The number of unbranched alkanes of at least 4 members (excludes halogenated alkanes) is 2. The molecule has 2 atom stereocenters. The average molecular weight is 571 g/mol. The van der Waals surface area contributed by atoms with E-state index >= 15 is 0 Å². The normalized spacial score (nSPS) is 17.1. The van der Waals surface area contributed by atoms with Gasteiger partial charge in [0.25, 0.3) is 0 Å². The number of aryl methyl sites for hydroxylation is 4. The van der Waals surface area contributed by atoms with E-state index < -0.39 is 11.9 Å². The predicted molar refractivity (Wildman–Crippen MR) is 163 cm³/mol. The molecule has 42 heavy (non-hydrogen) atoms. The number of rotatable bonds is 14. The fourth-order valence-corrected chi connectivity index (χ4v) is 5.36. The van der Waals surface area contributed by atoms with Crippen molar-refractivity contribution in [2.75, 3.05) is 13.2 Å². The van der Waals surface area contributed by atoms with Crippen LogP contribution in [-0.2, 0) is 22.3 Å². The van der Waals surface area contributed by atoms with Crippen molar-refractivity contribution in [3.05, 3.63) is 93.0 Å². The summed E-state index contributed by atoms with van der Waals surface area (Å²) >= 11 is 0. The summed E-state index contributed by atoms with van der Waals surface area (Å²) in [5.41, 5.74) is 7.24. The topological polar surface area (TPSA) is 77.7 Å². The molecule has 5 rings (SSSR count). The summed E-state index contributed by atoms with van der Waals surface area (Å²) in [4.78, 5) is 26.0. The number of carbonyl (C=O) groups is 2. The van der Waals surface area contributed by atoms with Gasteiger partial charge in [-0.3, -0.25) is 0 Å². The molecule has 0 spiro atoms. The van der Waals surface area contributed by atoms with Crippen molar-refractivity contribution in [2.45, 2.75) is 91.3 Å². The van der Waals surface area contributed by atoms with Crippen molar-refractivity contribution in [1.29, 1.82) is 0 Å². The summed E-state index contributed by atoms with van der Waals surface area (Å²) in [6.07, 6.45) is 9.73. The Balaban J connectivity index is 1.15. The quantitative estimate of drug-likeness (QED) is 0.0860. The standard InChI is InChI=1S/C36H42O6/c1-23-19-29(15-13-27(23)9-5-7-11-31-21-39-31)35(37)41-33-17-18-34(26(4)25(33)3)42-36(38)30-16-14-28(24(2)20-30)10-6-8-12-32-22-40-32/h13-20,31-32H,5-12,21-22H2,1-4H3. The van der Waals surface area contributed by atoms with Crippen LogP contribution in [0, 0.1) is 27.7 Å². The third-order valence-electron chi connectivity index (χ3n) is 8.50. The molecule has 6 nitrogen and oxygen atoms in total. The zero-order valence-corrected chi connectivity index (χ0v) is 25.3. The van der Waals surface area contributed by atoms with Crippen molar-refractivity contribution in [3.63, 3.8) is 0 Å². The highest BCUT2D eigenvalue weighted by atomic mass is 16.6. The maximum absolute atomic E-state index is 13.0. The SMILES string of the molecule is Cc1cc(C(=O)Oc2ccc(OC(=O)c3ccc(CCCCC4CO4)c(C)c3)c(C)c2C)ccc1CCCCC1CO1. The molecule has 2 aliphatic rings. The van der Waals surface area contributed by atoms with Crippen LogP contribution in [0.1, 0.15) is 92.6 Å². The van der Waals surface area contributed by atoms with E-state index in [1.807, 2.05) is 64.1 Å². The van der Waals surface area contributed by atoms with Gasteiger partial charge in [0.1, 0.15) is 11.5 Å². The minimum Gasteiger partial charge on any atom is -0.423 e. The molecule has 2 fully saturated rings. The first-order valence-electron chi connectivity index (χ1n) is 15.3. The molecule has 2 unspecified atom stereocenters. The molecule has 0 N–H and O–H groups in total. The first kappa shape index (κ1) is 30.0. The second kappa shape index (κ2) is 13.7. The van der Waals surface area contributed by atoms with Crippen molar-refractivity contribution in [2.24, 2.45) is 0 Å². The van der Waals surface area contributed by atoms with Crippen LogP contribution in [0.4, 0.5) is 0 Å². The first-order chi connectivity index (χ1) is 20.3. The molecule has 0 saturated carbocycles. The molecule has 0 radical (unpaired) electrons. The van der Waals surface area contributed by atoms with Gasteiger partial charge < -0.3 is 18.9 Å². The van der Waals surface area contributed by atoms with Gasteiger partial charge in [-0.05, 0) is 136 Å². The molecular weight excluding hydrogens is 528 g/mol. The van der Waals surface area contributed by atoms with Crippen LogP contribution in [0.15, 0.2) is 48.5 Å². The van der Waals surface area contributed by atoms with E-state index in [2.05, 4.69) is 0 Å². The Morgan fingerprint density at radius 3 is 1.40 bits per heavy atom. The molecular formula is C36H42O6. The number of hydrogen-bond acceptors (Lipinski definition) is 6. The van der Waals surface area contributed by atoms with E-state index in [-0.39, 0.29) is 0 Å². The predicted octanol–water partition coefficient (Wildman–Crippen LogP) is 7.58. The molecule has 2 aliphatic heterocycles. The van der Waals surface area contributed by atoms with Crippen molar-refractivity contribution in [3.8, 4) is 11.5 Å². The van der Waals surface area contributed by atoms with Crippen LogP contribution >= 0.6 is 0 Å². The van der Waals surface area contributed by atoms with Gasteiger partial charge in [0.15, 0.2) is 0 Å². The summed E-state index contributed by atoms with van der Waals surface area (Å²) in [7, 11) is 0. The van der Waals surface area contributed by atoms with Gasteiger partial charge in [0.2, 0.25) is 0 Å². The molecule has 3 aromatic rings. The number of epoxide rings is 2. The zero-order chi connectivity index (χ0) is 29.6. The van der Waals surface area contributed by atoms with E-state index in [1.54, 1.807) is 12.1 Å². The van der Waals surface area contributed by atoms with Crippen LogP contribution in [-0.4, -0.2) is 37.4 Å². The highest BCUT2D eigenvalue weighted by Gasteiger charge is 2.22. The van der Waals surface area contributed by atoms with Gasteiger partial charge in [-0.1, -0.05) is 25.0 Å². The van der Waals surface area contributed by atoms with Gasteiger partial charge >= 0.3 is 11.9 Å². The van der Waals surface area contributed by atoms with Gasteiger partial charge in [-0.15, -0.1) is 0 Å². The van der Waals surface area contributed by atoms with Crippen molar-refractivity contribution in [1.82, 2.24) is 0 Å². The molecule has 2 heterocycles. The summed E-state index contributed by atoms with van der Waals surface area (Å²) in [5, 5.41) is 0. The molecule has 0 amide bonds. The van der Waals surface area contributed by atoms with E-state index in [4.69, 9.17) is 18.9 Å². The molecule has 0 aromatic heterocycles. The van der Waals surface area contributed by atoms with Crippen LogP contribution in [0.5, 0.6) is 11.5 Å². The average Bonchev–Trinajstić information content (AvgIpc) is 3.90. The summed E-state index contributed by atoms with van der Waals surface area (Å²) < 4.78 is 22.1. The van der Waals surface area contributed by atoms with Crippen molar-refractivity contribution < 1.29 is 28.5 Å². The smallest absolute Gasteiger partial charge is 0.343 e. The van der Waals surface area contributed by atoms with Gasteiger partial charge in [-0.25, -0.2) is 9.59 Å². The Labute approximate surface area is 249 Å². The molecule has 3 aromatic carbocycles. The number of hydrogen-bond donors (Lipinski definition) is 0. The minimum absolute atomic E-state index is 0.404. The Morgan fingerprint density at radius 2 is 1.05 bits per heavy atom.